The zero-order valence-electron chi connectivity index (χ0n) is 19.0. The van der Waals surface area contributed by atoms with E-state index < -0.39 is 11.9 Å². The molecule has 0 spiro atoms. The van der Waals surface area contributed by atoms with Crippen molar-refractivity contribution in [2.45, 2.75) is 25.7 Å². The van der Waals surface area contributed by atoms with Gasteiger partial charge in [0.2, 0.25) is 0 Å². The highest BCUT2D eigenvalue weighted by Crippen LogP contribution is 2.41. The van der Waals surface area contributed by atoms with Gasteiger partial charge in [0.15, 0.2) is 5.78 Å². The molecule has 1 aliphatic heterocycles. The summed E-state index contributed by atoms with van der Waals surface area (Å²) in [5, 5.41) is 10.8. The molecule has 0 saturated carbocycles. The number of benzene rings is 3. The number of halogens is 1. The Labute approximate surface area is 207 Å². The normalized spacial score (nSPS) is 14.7. The van der Waals surface area contributed by atoms with E-state index in [4.69, 9.17) is 21.1 Å². The minimum absolute atomic E-state index is 0.0429. The molecule has 1 aliphatic rings. The van der Waals surface area contributed by atoms with Crippen molar-refractivity contribution in [1.82, 2.24) is 4.98 Å². The molecule has 2 heterocycles. The van der Waals surface area contributed by atoms with Crippen molar-refractivity contribution >= 4 is 34.3 Å². The first-order chi connectivity index (χ1) is 16.9. The molecule has 0 bridgehead atoms. The number of carbonyl (C=O) groups is 2. The Bertz CT molecular complexity index is 1450. The summed E-state index contributed by atoms with van der Waals surface area (Å²) in [4.78, 5) is 29.0. The van der Waals surface area contributed by atoms with Crippen molar-refractivity contribution in [1.29, 1.82) is 0 Å². The van der Waals surface area contributed by atoms with Crippen LogP contribution in [0, 0.1) is 6.92 Å². The maximum absolute atomic E-state index is 12.9. The summed E-state index contributed by atoms with van der Waals surface area (Å²) in [5.41, 5.74) is 3.78. The van der Waals surface area contributed by atoms with Crippen LogP contribution in [0.5, 0.6) is 17.2 Å². The lowest BCUT2D eigenvalue weighted by Crippen LogP contribution is -2.20. The maximum atomic E-state index is 12.9. The van der Waals surface area contributed by atoms with E-state index in [2.05, 4.69) is 4.98 Å². The van der Waals surface area contributed by atoms with Crippen molar-refractivity contribution in [2.24, 2.45) is 0 Å². The molecule has 1 atom stereocenters. The molecule has 0 amide bonds. The number of nitrogens with zero attached hydrogens (tertiary/aromatic N) is 1. The number of Topliss-reactive ketones (excluding diaryl/α,β-unsaturated/α-hetero) is 1. The Hall–Kier alpha value is -3.90. The van der Waals surface area contributed by atoms with Crippen molar-refractivity contribution in [3.8, 4) is 17.2 Å². The molecule has 1 unspecified atom stereocenters. The Morgan fingerprint density at radius 1 is 1.11 bits per heavy atom. The molecule has 1 N–H and O–H groups in total. The number of hydrogen-bond donors (Lipinski definition) is 1. The number of aryl methyl sites for hydroxylation is 1. The molecule has 7 heteroatoms. The van der Waals surface area contributed by atoms with E-state index >= 15 is 0 Å². The molecule has 0 aliphatic carbocycles. The fraction of sp³-hybridized carbons (Fsp3) is 0.179. The summed E-state index contributed by atoms with van der Waals surface area (Å²) >= 11 is 6.37. The van der Waals surface area contributed by atoms with E-state index in [1.807, 2.05) is 37.3 Å². The van der Waals surface area contributed by atoms with Crippen LogP contribution in [0.4, 0.5) is 0 Å². The van der Waals surface area contributed by atoms with Gasteiger partial charge in [0.25, 0.3) is 0 Å². The number of carboxylic acid groups (broad SMARTS) is 1. The summed E-state index contributed by atoms with van der Waals surface area (Å²) in [6.07, 6.45) is 0.591. The quantitative estimate of drug-likeness (QED) is 0.318. The van der Waals surface area contributed by atoms with Gasteiger partial charge in [0.1, 0.15) is 17.2 Å². The summed E-state index contributed by atoms with van der Waals surface area (Å²) in [7, 11) is 0. The molecule has 6 nitrogen and oxygen atoms in total. The number of hydrogen-bond acceptors (Lipinski definition) is 5. The molecule has 0 saturated heterocycles. The number of aromatic nitrogens is 1. The highest BCUT2D eigenvalue weighted by Gasteiger charge is 2.29. The molecule has 0 radical (unpaired) electrons. The van der Waals surface area contributed by atoms with Crippen molar-refractivity contribution in [2.75, 3.05) is 6.61 Å². The Kier molecular flexibility index (Phi) is 6.14. The van der Waals surface area contributed by atoms with Crippen LogP contribution in [0.1, 0.15) is 39.5 Å². The second kappa shape index (κ2) is 9.39. The molecule has 35 heavy (non-hydrogen) atoms. The third-order valence-corrected chi connectivity index (χ3v) is 6.42. The lowest BCUT2D eigenvalue weighted by Gasteiger charge is -2.24. The van der Waals surface area contributed by atoms with E-state index in [1.54, 1.807) is 36.4 Å². The minimum Gasteiger partial charge on any atom is -0.493 e. The van der Waals surface area contributed by atoms with Crippen LogP contribution in [0.2, 0.25) is 5.02 Å². The van der Waals surface area contributed by atoms with Crippen molar-refractivity contribution < 1.29 is 24.2 Å². The fourth-order valence-corrected chi connectivity index (χ4v) is 4.55. The third kappa shape index (κ3) is 4.70. The van der Waals surface area contributed by atoms with Gasteiger partial charge < -0.3 is 14.6 Å². The van der Waals surface area contributed by atoms with Gasteiger partial charge in [-0.3, -0.25) is 14.6 Å². The number of rotatable bonds is 6. The highest BCUT2D eigenvalue weighted by atomic mass is 35.5. The minimum atomic E-state index is -0.909. The Balaban J connectivity index is 1.31. The van der Waals surface area contributed by atoms with E-state index in [9.17, 15) is 14.7 Å². The van der Waals surface area contributed by atoms with Gasteiger partial charge in [0.05, 0.1) is 29.5 Å². The average Bonchev–Trinajstić information content (AvgIpc) is 2.84. The molecule has 5 rings (SSSR count). The number of carbonyl (C=O) groups excluding carboxylic acids is 1. The first-order valence-electron chi connectivity index (χ1n) is 11.2. The molecular formula is C28H22ClNO5. The summed E-state index contributed by atoms with van der Waals surface area (Å²) in [6.45, 7) is 2.33. The zero-order valence-corrected chi connectivity index (χ0v) is 19.7. The Morgan fingerprint density at radius 2 is 1.89 bits per heavy atom. The first kappa shape index (κ1) is 22.9. The number of ketones is 1. The van der Waals surface area contributed by atoms with Gasteiger partial charge >= 0.3 is 5.97 Å². The monoisotopic (exact) mass is 487 g/mol. The van der Waals surface area contributed by atoms with Gasteiger partial charge in [-0.15, -0.1) is 0 Å². The van der Waals surface area contributed by atoms with Gasteiger partial charge in [-0.05, 0) is 61.4 Å². The van der Waals surface area contributed by atoms with Crippen LogP contribution in [-0.2, 0) is 11.2 Å². The number of fused-ring (bicyclic) bond motifs is 2. The van der Waals surface area contributed by atoms with Gasteiger partial charge in [-0.2, -0.15) is 0 Å². The van der Waals surface area contributed by atoms with Gasteiger partial charge in [0, 0.05) is 28.3 Å². The van der Waals surface area contributed by atoms with Crippen LogP contribution < -0.4 is 9.47 Å². The second-order valence-corrected chi connectivity index (χ2v) is 8.93. The number of para-hydroxylation sites is 1. The fourth-order valence-electron chi connectivity index (χ4n) is 4.34. The summed E-state index contributed by atoms with van der Waals surface area (Å²) in [5.74, 6) is -0.309. The van der Waals surface area contributed by atoms with E-state index in [0.29, 0.717) is 46.4 Å². The second-order valence-electron chi connectivity index (χ2n) is 8.52. The van der Waals surface area contributed by atoms with Crippen LogP contribution >= 0.6 is 11.6 Å². The number of pyridine rings is 1. The molecular weight excluding hydrogens is 466 g/mol. The standard InChI is InChI=1S/C28H22ClNO5/c1-16-12-18(30-24-5-3-2-4-20(16)24)13-25(31)17-6-8-19(9-7-17)35-27-15-26-22(14-23(27)29)21(28(32)33)10-11-34-26/h2-9,12,14-15,21H,10-11,13H2,1H3,(H,32,33). The maximum Gasteiger partial charge on any atom is 0.311 e. The van der Waals surface area contributed by atoms with Crippen molar-refractivity contribution in [3.63, 3.8) is 0 Å². The van der Waals surface area contributed by atoms with Crippen LogP contribution in [0.3, 0.4) is 0 Å². The molecule has 0 fully saturated rings. The van der Waals surface area contributed by atoms with Gasteiger partial charge in [-0.25, -0.2) is 0 Å². The molecule has 3 aromatic carbocycles. The SMILES string of the molecule is Cc1cc(CC(=O)c2ccc(Oc3cc4c(cc3Cl)C(C(=O)O)CCO4)cc2)nc2ccccc12. The highest BCUT2D eigenvalue weighted by molar-refractivity contribution is 6.32. The lowest BCUT2D eigenvalue weighted by atomic mass is 9.93. The third-order valence-electron chi connectivity index (χ3n) is 6.12. The smallest absolute Gasteiger partial charge is 0.311 e. The summed E-state index contributed by atoms with van der Waals surface area (Å²) in [6, 6.07) is 19.8. The molecule has 176 valence electrons. The molecule has 1 aromatic heterocycles. The van der Waals surface area contributed by atoms with Crippen LogP contribution in [0.15, 0.2) is 66.7 Å². The predicted octanol–water partition coefficient (Wildman–Crippen LogP) is 6.37. The van der Waals surface area contributed by atoms with E-state index in [0.717, 1.165) is 22.2 Å². The van der Waals surface area contributed by atoms with Crippen LogP contribution in [0.25, 0.3) is 10.9 Å². The number of aliphatic carboxylic acids is 1. The topological polar surface area (TPSA) is 85.7 Å². The van der Waals surface area contributed by atoms with Crippen molar-refractivity contribution in [3.05, 3.63) is 94.1 Å². The lowest BCUT2D eigenvalue weighted by molar-refractivity contribution is -0.139. The summed E-state index contributed by atoms with van der Waals surface area (Å²) < 4.78 is 11.5. The molecule has 4 aromatic rings. The zero-order chi connectivity index (χ0) is 24.5. The van der Waals surface area contributed by atoms with E-state index in [1.165, 1.54) is 0 Å². The first-order valence-corrected chi connectivity index (χ1v) is 11.6. The number of carboxylic acids is 1. The largest absolute Gasteiger partial charge is 0.493 e. The Morgan fingerprint density at radius 3 is 2.66 bits per heavy atom. The average molecular weight is 488 g/mol. The predicted molar refractivity (Wildman–Crippen MR) is 133 cm³/mol. The number of ether oxygens (including phenoxy) is 2. The van der Waals surface area contributed by atoms with Gasteiger partial charge in [-0.1, -0.05) is 29.8 Å². The van der Waals surface area contributed by atoms with Crippen LogP contribution in [-0.4, -0.2) is 28.4 Å². The van der Waals surface area contributed by atoms with E-state index in [-0.39, 0.29) is 12.2 Å².